The largest absolute Gasteiger partial charge is 0.496 e. The second-order valence-electron chi connectivity index (χ2n) is 6.04. The van der Waals surface area contributed by atoms with Crippen molar-refractivity contribution in [2.75, 3.05) is 13.7 Å². The molecular weight excluding hydrogens is 302 g/mol. The van der Waals surface area contributed by atoms with Crippen LogP contribution in [0.1, 0.15) is 38.7 Å². The predicted molar refractivity (Wildman–Crippen MR) is 83.8 cm³/mol. The highest BCUT2D eigenvalue weighted by atomic mass is 79.9. The third-order valence-electron chi connectivity index (χ3n) is 3.90. The summed E-state index contributed by atoms with van der Waals surface area (Å²) in [5, 5.41) is 3.75. The molecule has 1 aromatic carbocycles. The molecular formula is C16H24BrNO. The maximum absolute atomic E-state index is 5.51. The molecule has 1 heterocycles. The molecule has 0 aromatic heterocycles. The van der Waals surface area contributed by atoms with Gasteiger partial charge in [0, 0.05) is 10.0 Å². The van der Waals surface area contributed by atoms with Crippen molar-refractivity contribution >= 4 is 15.9 Å². The van der Waals surface area contributed by atoms with E-state index in [4.69, 9.17) is 4.74 Å². The normalized spacial score (nSPS) is 23.0. The van der Waals surface area contributed by atoms with Gasteiger partial charge < -0.3 is 10.1 Å². The van der Waals surface area contributed by atoms with Crippen LogP contribution in [0.15, 0.2) is 22.7 Å². The second-order valence-corrected chi connectivity index (χ2v) is 6.96. The van der Waals surface area contributed by atoms with Crippen LogP contribution >= 0.6 is 15.9 Å². The number of methoxy groups -OCH3 is 1. The van der Waals surface area contributed by atoms with Crippen LogP contribution in [0.25, 0.3) is 0 Å². The summed E-state index contributed by atoms with van der Waals surface area (Å²) >= 11 is 3.57. The monoisotopic (exact) mass is 325 g/mol. The topological polar surface area (TPSA) is 21.3 Å². The minimum absolute atomic E-state index is 0.252. The van der Waals surface area contributed by atoms with E-state index >= 15 is 0 Å². The molecule has 1 fully saturated rings. The quantitative estimate of drug-likeness (QED) is 0.877. The molecule has 2 rings (SSSR count). The summed E-state index contributed by atoms with van der Waals surface area (Å²) in [4.78, 5) is 0. The number of hydrogen-bond donors (Lipinski definition) is 1. The minimum Gasteiger partial charge on any atom is -0.496 e. The highest BCUT2D eigenvalue weighted by Crippen LogP contribution is 2.34. The molecule has 0 amide bonds. The summed E-state index contributed by atoms with van der Waals surface area (Å²) in [7, 11) is 1.75. The van der Waals surface area contributed by atoms with Crippen molar-refractivity contribution in [1.82, 2.24) is 5.32 Å². The Balaban J connectivity index is 2.24. The SMILES string of the molecule is COc1ccc(Br)cc1CC1(CC(C)C)CCCN1. The second kappa shape index (κ2) is 6.27. The molecule has 0 aliphatic carbocycles. The van der Waals surface area contributed by atoms with E-state index in [0.29, 0.717) is 5.92 Å². The van der Waals surface area contributed by atoms with E-state index in [1.165, 1.54) is 24.8 Å². The maximum Gasteiger partial charge on any atom is 0.122 e. The zero-order valence-corrected chi connectivity index (χ0v) is 13.7. The first-order valence-electron chi connectivity index (χ1n) is 7.12. The first-order valence-corrected chi connectivity index (χ1v) is 7.91. The van der Waals surface area contributed by atoms with Crippen LogP contribution in [-0.4, -0.2) is 19.2 Å². The molecule has 0 spiro atoms. The van der Waals surface area contributed by atoms with Crippen molar-refractivity contribution in [3.8, 4) is 5.75 Å². The third-order valence-corrected chi connectivity index (χ3v) is 4.40. The first kappa shape index (κ1) is 14.9. The van der Waals surface area contributed by atoms with Gasteiger partial charge in [-0.2, -0.15) is 0 Å². The fourth-order valence-electron chi connectivity index (χ4n) is 3.30. The van der Waals surface area contributed by atoms with Crippen molar-refractivity contribution in [2.45, 2.75) is 45.1 Å². The van der Waals surface area contributed by atoms with E-state index in [1.54, 1.807) is 7.11 Å². The summed E-state index contributed by atoms with van der Waals surface area (Å²) in [5.41, 5.74) is 1.55. The van der Waals surface area contributed by atoms with Gasteiger partial charge in [0.15, 0.2) is 0 Å². The number of benzene rings is 1. The van der Waals surface area contributed by atoms with Crippen LogP contribution in [0.2, 0.25) is 0 Å². The number of rotatable bonds is 5. The van der Waals surface area contributed by atoms with Gasteiger partial charge in [-0.25, -0.2) is 0 Å². The molecule has 19 heavy (non-hydrogen) atoms. The van der Waals surface area contributed by atoms with Gasteiger partial charge in [0.05, 0.1) is 7.11 Å². The first-order chi connectivity index (χ1) is 9.04. The molecule has 1 aliphatic heterocycles. The number of halogens is 1. The highest BCUT2D eigenvalue weighted by molar-refractivity contribution is 9.10. The van der Waals surface area contributed by atoms with Crippen LogP contribution in [0.5, 0.6) is 5.75 Å². The molecule has 106 valence electrons. The Labute approximate surface area is 125 Å². The van der Waals surface area contributed by atoms with Gasteiger partial charge in [-0.05, 0) is 61.9 Å². The lowest BCUT2D eigenvalue weighted by molar-refractivity contribution is 0.297. The Bertz CT molecular complexity index is 425. The zero-order valence-electron chi connectivity index (χ0n) is 12.1. The molecule has 1 N–H and O–H groups in total. The average molecular weight is 326 g/mol. The summed E-state index contributed by atoms with van der Waals surface area (Å²) in [6.07, 6.45) is 4.82. The number of hydrogen-bond acceptors (Lipinski definition) is 2. The molecule has 0 radical (unpaired) electrons. The zero-order chi connectivity index (χ0) is 13.9. The number of nitrogens with one attached hydrogen (secondary N) is 1. The Morgan fingerprint density at radius 1 is 1.42 bits per heavy atom. The predicted octanol–water partition coefficient (Wildman–Crippen LogP) is 4.17. The molecule has 3 heteroatoms. The smallest absolute Gasteiger partial charge is 0.122 e. The van der Waals surface area contributed by atoms with Crippen LogP contribution in [-0.2, 0) is 6.42 Å². The van der Waals surface area contributed by atoms with Crippen LogP contribution in [0.3, 0.4) is 0 Å². The van der Waals surface area contributed by atoms with Crippen molar-refractivity contribution < 1.29 is 4.74 Å². The highest BCUT2D eigenvalue weighted by Gasteiger charge is 2.34. The summed E-state index contributed by atoms with van der Waals surface area (Å²) in [6, 6.07) is 6.29. The van der Waals surface area contributed by atoms with E-state index in [2.05, 4.69) is 47.2 Å². The lowest BCUT2D eigenvalue weighted by Gasteiger charge is -2.32. The van der Waals surface area contributed by atoms with Gasteiger partial charge in [-0.1, -0.05) is 29.8 Å². The van der Waals surface area contributed by atoms with Crippen molar-refractivity contribution in [2.24, 2.45) is 5.92 Å². The lowest BCUT2D eigenvalue weighted by atomic mass is 9.82. The summed E-state index contributed by atoms with van der Waals surface area (Å²) in [6.45, 7) is 5.75. The third kappa shape index (κ3) is 3.73. The van der Waals surface area contributed by atoms with Crippen LogP contribution < -0.4 is 10.1 Å². The minimum atomic E-state index is 0.252. The Kier molecular flexibility index (Phi) is 4.91. The van der Waals surface area contributed by atoms with Crippen LogP contribution in [0, 0.1) is 5.92 Å². The molecule has 2 nitrogen and oxygen atoms in total. The van der Waals surface area contributed by atoms with Gasteiger partial charge in [0.1, 0.15) is 5.75 Å². The molecule has 1 saturated heterocycles. The Morgan fingerprint density at radius 3 is 2.79 bits per heavy atom. The van der Waals surface area contributed by atoms with Crippen LogP contribution in [0.4, 0.5) is 0 Å². The summed E-state index contributed by atoms with van der Waals surface area (Å²) in [5.74, 6) is 1.71. The standard InChI is InChI=1S/C16H24BrNO/c1-12(2)10-16(7-4-8-18-16)11-13-9-14(17)5-6-15(13)19-3/h5-6,9,12,18H,4,7-8,10-11H2,1-3H3. The summed E-state index contributed by atoms with van der Waals surface area (Å²) < 4.78 is 6.64. The molecule has 0 saturated carbocycles. The maximum atomic E-state index is 5.51. The van der Waals surface area contributed by atoms with Crippen molar-refractivity contribution in [3.05, 3.63) is 28.2 Å². The van der Waals surface area contributed by atoms with E-state index < -0.39 is 0 Å². The van der Waals surface area contributed by atoms with E-state index in [1.807, 2.05) is 6.07 Å². The van der Waals surface area contributed by atoms with Gasteiger partial charge in [-0.15, -0.1) is 0 Å². The molecule has 1 atom stereocenters. The Morgan fingerprint density at radius 2 is 2.21 bits per heavy atom. The van der Waals surface area contributed by atoms with Gasteiger partial charge in [-0.3, -0.25) is 0 Å². The van der Waals surface area contributed by atoms with E-state index in [0.717, 1.165) is 23.2 Å². The van der Waals surface area contributed by atoms with E-state index in [9.17, 15) is 0 Å². The van der Waals surface area contributed by atoms with Gasteiger partial charge >= 0.3 is 0 Å². The number of ether oxygens (including phenoxy) is 1. The average Bonchev–Trinajstić information content (AvgIpc) is 2.76. The molecule has 0 bridgehead atoms. The van der Waals surface area contributed by atoms with Gasteiger partial charge in [0.25, 0.3) is 0 Å². The fraction of sp³-hybridized carbons (Fsp3) is 0.625. The van der Waals surface area contributed by atoms with Crippen molar-refractivity contribution in [3.63, 3.8) is 0 Å². The van der Waals surface area contributed by atoms with Crippen molar-refractivity contribution in [1.29, 1.82) is 0 Å². The lowest BCUT2D eigenvalue weighted by Crippen LogP contribution is -2.43. The molecule has 1 aromatic rings. The molecule has 1 unspecified atom stereocenters. The molecule has 1 aliphatic rings. The fourth-order valence-corrected chi connectivity index (χ4v) is 3.71. The Hall–Kier alpha value is -0.540. The van der Waals surface area contributed by atoms with Gasteiger partial charge in [0.2, 0.25) is 0 Å². The van der Waals surface area contributed by atoms with E-state index in [-0.39, 0.29) is 5.54 Å².